The van der Waals surface area contributed by atoms with Crippen LogP contribution in [0, 0.1) is 0 Å². The summed E-state index contributed by atoms with van der Waals surface area (Å²) in [7, 11) is 0. The molecule has 0 radical (unpaired) electrons. The lowest BCUT2D eigenvalue weighted by molar-refractivity contribution is 0.669. The number of nitrogens with zero attached hydrogens (tertiary/aromatic N) is 3. The van der Waals surface area contributed by atoms with E-state index in [2.05, 4.69) is 4.98 Å². The van der Waals surface area contributed by atoms with Gasteiger partial charge in [-0.1, -0.05) is 163 Å². The van der Waals surface area contributed by atoms with Crippen LogP contribution in [0.4, 0.5) is 0 Å². The molecular formula is C51H31N3O. The Kier molecular flexibility index (Phi) is 4.03. The number of fused-ring (bicyclic) bond motifs is 9. The van der Waals surface area contributed by atoms with Crippen LogP contribution >= 0.6 is 0 Å². The summed E-state index contributed by atoms with van der Waals surface area (Å²) in [5.41, 5.74) is -1.30. The molecule has 0 unspecified atom stereocenters. The van der Waals surface area contributed by atoms with Crippen LogP contribution < -0.4 is 0 Å². The smallest absolute Gasteiger partial charge is 0.167 e. The minimum atomic E-state index is -0.939. The molecule has 0 aliphatic rings. The summed E-state index contributed by atoms with van der Waals surface area (Å²) in [6, 6.07) is 6.07. The second kappa shape index (κ2) is 12.6. The van der Waals surface area contributed by atoms with Gasteiger partial charge >= 0.3 is 0 Å². The van der Waals surface area contributed by atoms with E-state index >= 15 is 0 Å². The number of rotatable bonds is 5. The molecule has 256 valence electrons. The number of para-hydroxylation sites is 2. The minimum Gasteiger partial charge on any atom is -0.455 e. The van der Waals surface area contributed by atoms with Gasteiger partial charge in [0.05, 0.1) is 31.6 Å². The van der Waals surface area contributed by atoms with Crippen molar-refractivity contribution < 1.29 is 30.5 Å². The standard InChI is InChI=1S/C51H31N3O/c1-2-12-33(13-3-1)49-52-50(54-51(53-49)45-22-11-21-44-43-20-8-9-23-47(43)55-48(44)45)34-26-24-32(25-27-34)35-14-10-15-36(30-35)37-28-29-42-40-18-5-4-16-38(40)39-17-6-7-19-41(39)46(42)31-37/h1-31H/i4D,5D,6D,7D,10D,14D,15D,16D,17D,18D,19D,24D,25D,26D,27D,28D,29D,30D,31D. The third kappa shape index (κ3) is 5.26. The van der Waals surface area contributed by atoms with E-state index in [1.807, 2.05) is 30.3 Å². The minimum absolute atomic E-state index is 0.0640. The largest absolute Gasteiger partial charge is 0.455 e. The van der Waals surface area contributed by atoms with Crippen LogP contribution in [0.25, 0.3) is 111 Å². The Hall–Kier alpha value is -7.43. The van der Waals surface area contributed by atoms with E-state index in [1.54, 1.807) is 42.5 Å². The Morgan fingerprint density at radius 1 is 0.345 bits per heavy atom. The monoisotopic (exact) mass is 720 g/mol. The van der Waals surface area contributed by atoms with E-state index in [1.165, 1.54) is 0 Å². The maximum Gasteiger partial charge on any atom is 0.167 e. The van der Waals surface area contributed by atoms with Gasteiger partial charge in [0.25, 0.3) is 0 Å². The van der Waals surface area contributed by atoms with Crippen LogP contribution in [-0.2, 0) is 0 Å². The molecule has 4 nitrogen and oxygen atoms in total. The zero-order valence-electron chi connectivity index (χ0n) is 47.2. The Bertz CT molecular complexity index is 4300. The quantitative estimate of drug-likeness (QED) is 0.166. The molecule has 0 aliphatic carbocycles. The van der Waals surface area contributed by atoms with Crippen molar-refractivity contribution in [1.29, 1.82) is 0 Å². The van der Waals surface area contributed by atoms with Crippen molar-refractivity contribution in [3.05, 3.63) is 188 Å². The molecule has 0 spiro atoms. The van der Waals surface area contributed by atoms with Gasteiger partial charge in [-0.2, -0.15) is 0 Å². The lowest BCUT2D eigenvalue weighted by Crippen LogP contribution is -2.00. The molecule has 0 saturated heterocycles. The molecular weight excluding hydrogens is 671 g/mol. The summed E-state index contributed by atoms with van der Waals surface area (Å²) in [6.45, 7) is 0. The van der Waals surface area contributed by atoms with Gasteiger partial charge in [-0.05, 0) is 78.8 Å². The fourth-order valence-electron chi connectivity index (χ4n) is 6.67. The maximum absolute atomic E-state index is 9.70. The number of aromatic nitrogens is 3. The van der Waals surface area contributed by atoms with Crippen LogP contribution in [0.2, 0.25) is 0 Å². The van der Waals surface area contributed by atoms with Crippen molar-refractivity contribution in [2.24, 2.45) is 0 Å². The summed E-state index contributed by atoms with van der Waals surface area (Å²) in [5, 5.41) is -1.12. The SMILES string of the molecule is [2H]c1c([2H])c(-c2c([2H])c([2H])c(-c3nc(-c4ccccc4)nc(-c4cccc5c4oc4ccccc45)n3)c([2H])c2[2H])c([2H])c(-c2c([2H])c([2H])c3c4c([2H])c([2H])c([2H])c([2H])c4c4c([2H])c([2H])c([2H])c([2H])c4c3c2[2H])c1[2H]. The van der Waals surface area contributed by atoms with E-state index in [9.17, 15) is 11.0 Å². The molecule has 0 atom stereocenters. The molecule has 9 aromatic carbocycles. The van der Waals surface area contributed by atoms with Crippen molar-refractivity contribution in [2.45, 2.75) is 0 Å². The lowest BCUT2D eigenvalue weighted by Gasteiger charge is -2.13. The van der Waals surface area contributed by atoms with E-state index in [-0.39, 0.29) is 17.5 Å². The molecule has 55 heavy (non-hydrogen) atoms. The zero-order chi connectivity index (χ0) is 52.8. The lowest BCUT2D eigenvalue weighted by atomic mass is 9.91. The fourth-order valence-corrected chi connectivity index (χ4v) is 6.67. The second-order valence-corrected chi connectivity index (χ2v) is 12.5. The van der Waals surface area contributed by atoms with Crippen LogP contribution in [0.15, 0.2) is 192 Å². The van der Waals surface area contributed by atoms with E-state index in [4.69, 9.17) is 29.5 Å². The van der Waals surface area contributed by atoms with Crippen molar-refractivity contribution >= 4 is 54.3 Å². The number of hydrogen-bond donors (Lipinski definition) is 0. The Balaban J connectivity index is 1.19. The molecule has 2 aromatic heterocycles. The van der Waals surface area contributed by atoms with Gasteiger partial charge in [0.2, 0.25) is 0 Å². The van der Waals surface area contributed by atoms with Crippen LogP contribution in [0.1, 0.15) is 26.0 Å². The zero-order valence-corrected chi connectivity index (χ0v) is 28.2. The first kappa shape index (κ1) is 17.6. The molecule has 2 heterocycles. The van der Waals surface area contributed by atoms with Crippen molar-refractivity contribution in [3.8, 4) is 56.4 Å². The highest BCUT2D eigenvalue weighted by molar-refractivity contribution is 6.25. The molecule has 11 aromatic rings. The predicted molar refractivity (Wildman–Crippen MR) is 227 cm³/mol. The number of furan rings is 1. The number of benzene rings is 9. The van der Waals surface area contributed by atoms with Crippen molar-refractivity contribution in [1.82, 2.24) is 15.0 Å². The Labute approximate surface area is 343 Å². The predicted octanol–water partition coefficient (Wildman–Crippen LogP) is 13.6. The third-order valence-corrected chi connectivity index (χ3v) is 9.22. The van der Waals surface area contributed by atoms with Gasteiger partial charge in [0.15, 0.2) is 17.5 Å². The highest BCUT2D eigenvalue weighted by Gasteiger charge is 2.18. The fraction of sp³-hybridized carbons (Fsp3) is 0. The maximum atomic E-state index is 9.70. The first-order chi connectivity index (χ1) is 35.2. The van der Waals surface area contributed by atoms with Gasteiger partial charge in [-0.25, -0.2) is 15.0 Å². The van der Waals surface area contributed by atoms with Gasteiger partial charge in [0.1, 0.15) is 11.2 Å². The van der Waals surface area contributed by atoms with E-state index in [0.29, 0.717) is 22.3 Å². The summed E-state index contributed by atoms with van der Waals surface area (Å²) in [5.74, 6) is -0.117. The second-order valence-electron chi connectivity index (χ2n) is 12.5. The molecule has 0 amide bonds. The van der Waals surface area contributed by atoms with Gasteiger partial charge in [-0.15, -0.1) is 0 Å². The topological polar surface area (TPSA) is 51.8 Å². The van der Waals surface area contributed by atoms with Crippen molar-refractivity contribution in [3.63, 3.8) is 0 Å². The van der Waals surface area contributed by atoms with E-state index < -0.39 is 175 Å². The molecule has 0 N–H and O–H groups in total. The molecule has 0 aliphatic heterocycles. The summed E-state index contributed by atoms with van der Waals surface area (Å²) in [4.78, 5) is 14.1. The molecule has 0 bridgehead atoms. The van der Waals surface area contributed by atoms with Gasteiger partial charge in [-0.3, -0.25) is 0 Å². The highest BCUT2D eigenvalue weighted by atomic mass is 16.3. The van der Waals surface area contributed by atoms with Crippen LogP contribution in [-0.4, -0.2) is 15.0 Å². The highest BCUT2D eigenvalue weighted by Crippen LogP contribution is 2.39. The first-order valence-corrected chi connectivity index (χ1v) is 17.0. The average Bonchev–Trinajstić information content (AvgIpc) is 3.81. The van der Waals surface area contributed by atoms with E-state index in [0.717, 1.165) is 10.8 Å². The molecule has 0 fully saturated rings. The Morgan fingerprint density at radius 2 is 0.891 bits per heavy atom. The van der Waals surface area contributed by atoms with Gasteiger partial charge in [0, 0.05) is 21.9 Å². The van der Waals surface area contributed by atoms with Crippen molar-refractivity contribution in [2.75, 3.05) is 0 Å². The third-order valence-electron chi connectivity index (χ3n) is 9.22. The average molecular weight is 721 g/mol. The summed E-state index contributed by atoms with van der Waals surface area (Å²) >= 11 is 0. The molecule has 0 saturated carbocycles. The summed E-state index contributed by atoms with van der Waals surface area (Å²) in [6.07, 6.45) is 0. The van der Waals surface area contributed by atoms with Gasteiger partial charge < -0.3 is 4.42 Å². The first-order valence-electron chi connectivity index (χ1n) is 26.5. The van der Waals surface area contributed by atoms with Crippen LogP contribution in [0.5, 0.6) is 0 Å². The summed E-state index contributed by atoms with van der Waals surface area (Å²) < 4.78 is 179. The molecule has 4 heteroatoms. The Morgan fingerprint density at radius 3 is 1.64 bits per heavy atom. The molecule has 11 rings (SSSR count). The number of hydrogen-bond acceptors (Lipinski definition) is 4. The normalized spacial score (nSPS) is 16.5. The van der Waals surface area contributed by atoms with Crippen LogP contribution in [0.3, 0.4) is 0 Å².